The molecule has 1 aliphatic rings. The molecule has 1 aliphatic carbocycles. The standard InChI is InChI=1S/C24H24ClNO4/c1-3-14-7-9-15(10-8-14)20-19-13-16(25)11-12-18(19)23(27)26(2)21(20)22(24(28)29)30-17-5-4-6-17/h7-13,17,22H,3-6H2,1-2H3,(H,28,29). The summed E-state index contributed by atoms with van der Waals surface area (Å²) in [7, 11) is 1.61. The van der Waals surface area contributed by atoms with Crippen LogP contribution in [0.25, 0.3) is 21.9 Å². The Kier molecular flexibility index (Phi) is 5.67. The lowest BCUT2D eigenvalue weighted by Gasteiger charge is -2.31. The first kappa shape index (κ1) is 20.6. The normalized spacial score (nSPS) is 15.2. The largest absolute Gasteiger partial charge is 0.479 e. The van der Waals surface area contributed by atoms with Gasteiger partial charge >= 0.3 is 5.97 Å². The van der Waals surface area contributed by atoms with Crippen LogP contribution >= 0.6 is 11.6 Å². The summed E-state index contributed by atoms with van der Waals surface area (Å²) in [5, 5.41) is 11.6. The highest BCUT2D eigenvalue weighted by molar-refractivity contribution is 6.31. The minimum absolute atomic E-state index is 0.105. The maximum atomic E-state index is 13.1. The number of pyridine rings is 1. The van der Waals surface area contributed by atoms with Crippen LogP contribution in [0.2, 0.25) is 5.02 Å². The van der Waals surface area contributed by atoms with Gasteiger partial charge in [-0.3, -0.25) is 4.79 Å². The van der Waals surface area contributed by atoms with Crippen LogP contribution in [0.15, 0.2) is 47.3 Å². The first-order valence-electron chi connectivity index (χ1n) is 10.2. The molecule has 2 aromatic carbocycles. The number of hydrogen-bond donors (Lipinski definition) is 1. The highest BCUT2D eigenvalue weighted by atomic mass is 35.5. The number of aliphatic carboxylic acids is 1. The maximum Gasteiger partial charge on any atom is 0.339 e. The summed E-state index contributed by atoms with van der Waals surface area (Å²) in [6.07, 6.45) is 2.24. The molecule has 30 heavy (non-hydrogen) atoms. The number of aromatic nitrogens is 1. The summed E-state index contributed by atoms with van der Waals surface area (Å²) < 4.78 is 7.38. The molecule has 156 valence electrons. The van der Waals surface area contributed by atoms with Gasteiger partial charge in [0, 0.05) is 23.0 Å². The minimum Gasteiger partial charge on any atom is -0.479 e. The number of aryl methyl sites for hydroxylation is 1. The molecule has 0 spiro atoms. The second kappa shape index (κ2) is 8.25. The first-order chi connectivity index (χ1) is 14.4. The molecule has 0 bridgehead atoms. The van der Waals surface area contributed by atoms with Gasteiger partial charge < -0.3 is 14.4 Å². The molecule has 1 N–H and O–H groups in total. The summed E-state index contributed by atoms with van der Waals surface area (Å²) in [5.74, 6) is -1.11. The fraction of sp³-hybridized carbons (Fsp3) is 0.333. The van der Waals surface area contributed by atoms with E-state index in [1.165, 1.54) is 10.1 Å². The summed E-state index contributed by atoms with van der Waals surface area (Å²) in [5.41, 5.74) is 2.75. The van der Waals surface area contributed by atoms with Crippen molar-refractivity contribution < 1.29 is 14.6 Å². The van der Waals surface area contributed by atoms with Crippen molar-refractivity contribution in [2.24, 2.45) is 7.05 Å². The molecule has 0 aliphatic heterocycles. The van der Waals surface area contributed by atoms with Gasteiger partial charge in [-0.2, -0.15) is 0 Å². The second-order valence-electron chi connectivity index (χ2n) is 7.77. The van der Waals surface area contributed by atoms with E-state index in [1.54, 1.807) is 25.2 Å². The number of nitrogens with zero attached hydrogens (tertiary/aromatic N) is 1. The fourth-order valence-electron chi connectivity index (χ4n) is 3.96. The predicted molar refractivity (Wildman–Crippen MR) is 118 cm³/mol. The third-order valence-corrected chi connectivity index (χ3v) is 6.14. The summed E-state index contributed by atoms with van der Waals surface area (Å²) in [6, 6.07) is 13.1. The molecule has 1 fully saturated rings. The van der Waals surface area contributed by atoms with Crippen molar-refractivity contribution in [3.63, 3.8) is 0 Å². The number of benzene rings is 2. The van der Waals surface area contributed by atoms with Gasteiger partial charge in [-0.15, -0.1) is 0 Å². The summed E-state index contributed by atoms with van der Waals surface area (Å²) >= 11 is 6.27. The monoisotopic (exact) mass is 425 g/mol. The average Bonchev–Trinajstić information content (AvgIpc) is 2.70. The molecule has 6 heteroatoms. The lowest BCUT2D eigenvalue weighted by Crippen LogP contribution is -2.32. The Morgan fingerprint density at radius 3 is 2.47 bits per heavy atom. The van der Waals surface area contributed by atoms with E-state index in [1.807, 2.05) is 24.3 Å². The van der Waals surface area contributed by atoms with Crippen LogP contribution in [0.4, 0.5) is 0 Å². The number of carboxylic acid groups (broad SMARTS) is 1. The van der Waals surface area contributed by atoms with E-state index in [4.69, 9.17) is 16.3 Å². The van der Waals surface area contributed by atoms with E-state index in [0.29, 0.717) is 27.1 Å². The number of fused-ring (bicyclic) bond motifs is 1. The lowest BCUT2D eigenvalue weighted by molar-refractivity contribution is -0.159. The van der Waals surface area contributed by atoms with Crippen molar-refractivity contribution >= 4 is 28.3 Å². The third kappa shape index (κ3) is 3.64. The molecular weight excluding hydrogens is 402 g/mol. The van der Waals surface area contributed by atoms with Crippen molar-refractivity contribution in [3.05, 3.63) is 69.1 Å². The van der Waals surface area contributed by atoms with Crippen molar-refractivity contribution in [2.45, 2.75) is 44.8 Å². The van der Waals surface area contributed by atoms with Gasteiger partial charge in [0.2, 0.25) is 0 Å². The van der Waals surface area contributed by atoms with Crippen LogP contribution in [-0.4, -0.2) is 21.7 Å². The predicted octanol–water partition coefficient (Wildman–Crippen LogP) is 5.12. The molecule has 4 rings (SSSR count). The summed E-state index contributed by atoms with van der Waals surface area (Å²) in [6.45, 7) is 2.08. The topological polar surface area (TPSA) is 68.5 Å². The maximum absolute atomic E-state index is 13.1. The molecule has 5 nitrogen and oxygen atoms in total. The van der Waals surface area contributed by atoms with E-state index >= 15 is 0 Å². The Labute approximate surface area is 179 Å². The second-order valence-corrected chi connectivity index (χ2v) is 8.21. The molecular formula is C24H24ClNO4. The SMILES string of the molecule is CCc1ccc(-c2c(C(OC3CCC3)C(=O)O)n(C)c(=O)c3ccc(Cl)cc23)cc1. The van der Waals surface area contributed by atoms with Gasteiger partial charge in [0.25, 0.3) is 5.56 Å². The zero-order valence-electron chi connectivity index (χ0n) is 17.0. The number of rotatable bonds is 6. The Bertz CT molecular complexity index is 1160. The smallest absolute Gasteiger partial charge is 0.339 e. The van der Waals surface area contributed by atoms with Crippen LogP contribution < -0.4 is 5.56 Å². The molecule has 1 aromatic heterocycles. The first-order valence-corrected chi connectivity index (χ1v) is 10.6. The van der Waals surface area contributed by atoms with Gasteiger partial charge in [-0.1, -0.05) is 42.8 Å². The molecule has 1 saturated carbocycles. The van der Waals surface area contributed by atoms with Crippen LogP contribution in [0, 0.1) is 0 Å². The number of ether oxygens (including phenoxy) is 1. The molecule has 3 aromatic rings. The zero-order valence-corrected chi connectivity index (χ0v) is 17.8. The number of halogens is 1. The van der Waals surface area contributed by atoms with E-state index in [2.05, 4.69) is 6.92 Å². The van der Waals surface area contributed by atoms with E-state index in [0.717, 1.165) is 31.2 Å². The van der Waals surface area contributed by atoms with Crippen molar-refractivity contribution in [1.82, 2.24) is 4.57 Å². The van der Waals surface area contributed by atoms with Gasteiger partial charge in [-0.05, 0) is 60.4 Å². The number of carboxylic acids is 1. The van der Waals surface area contributed by atoms with Crippen molar-refractivity contribution in [2.75, 3.05) is 0 Å². The van der Waals surface area contributed by atoms with Crippen LogP contribution in [-0.2, 0) is 23.0 Å². The Hall–Kier alpha value is -2.63. The molecule has 1 atom stereocenters. The zero-order chi connectivity index (χ0) is 21.4. The van der Waals surface area contributed by atoms with Crippen molar-refractivity contribution in [1.29, 1.82) is 0 Å². The van der Waals surface area contributed by atoms with Crippen LogP contribution in [0.5, 0.6) is 0 Å². The Morgan fingerprint density at radius 1 is 1.20 bits per heavy atom. The quantitative estimate of drug-likeness (QED) is 0.595. The summed E-state index contributed by atoms with van der Waals surface area (Å²) in [4.78, 5) is 25.4. The van der Waals surface area contributed by atoms with Gasteiger partial charge in [0.15, 0.2) is 6.10 Å². The Balaban J connectivity index is 2.04. The number of hydrogen-bond acceptors (Lipinski definition) is 3. The highest BCUT2D eigenvalue weighted by Gasteiger charge is 2.33. The molecule has 0 amide bonds. The van der Waals surface area contributed by atoms with E-state index in [-0.39, 0.29) is 11.7 Å². The third-order valence-electron chi connectivity index (χ3n) is 5.91. The van der Waals surface area contributed by atoms with Crippen LogP contribution in [0.1, 0.15) is 43.5 Å². The van der Waals surface area contributed by atoms with Gasteiger partial charge in [0.05, 0.1) is 11.8 Å². The molecule has 1 heterocycles. The van der Waals surface area contributed by atoms with E-state index in [9.17, 15) is 14.7 Å². The molecule has 0 saturated heterocycles. The Morgan fingerprint density at radius 2 is 1.90 bits per heavy atom. The minimum atomic E-state index is -1.24. The lowest BCUT2D eigenvalue weighted by atomic mass is 9.92. The molecule has 1 unspecified atom stereocenters. The average molecular weight is 426 g/mol. The van der Waals surface area contributed by atoms with Gasteiger partial charge in [0.1, 0.15) is 0 Å². The number of carbonyl (C=O) groups is 1. The molecule has 0 radical (unpaired) electrons. The van der Waals surface area contributed by atoms with Crippen molar-refractivity contribution in [3.8, 4) is 11.1 Å². The fourth-order valence-corrected chi connectivity index (χ4v) is 4.13. The van der Waals surface area contributed by atoms with Gasteiger partial charge in [-0.25, -0.2) is 4.79 Å². The van der Waals surface area contributed by atoms with Crippen LogP contribution in [0.3, 0.4) is 0 Å². The highest BCUT2D eigenvalue weighted by Crippen LogP contribution is 2.38. The van der Waals surface area contributed by atoms with E-state index < -0.39 is 12.1 Å².